The number of anilines is 1. The molecule has 3 N–H and O–H groups in total. The van der Waals surface area contributed by atoms with Gasteiger partial charge >= 0.3 is 5.97 Å². The van der Waals surface area contributed by atoms with Gasteiger partial charge in [0.25, 0.3) is 0 Å². The number of carbonyl (C=O) groups excluding carboxylic acids is 2. The summed E-state index contributed by atoms with van der Waals surface area (Å²) in [5, 5.41) is 3.34. The first-order chi connectivity index (χ1) is 9.37. The first-order valence-electron chi connectivity index (χ1n) is 6.67. The van der Waals surface area contributed by atoms with Crippen LogP contribution in [-0.2, 0) is 9.53 Å². The molecular weight excluding hydrogens is 276 g/mol. The zero-order valence-corrected chi connectivity index (χ0v) is 13.2. The largest absolute Gasteiger partial charge is 0.462 e. The third kappa shape index (κ3) is 3.58. The van der Waals surface area contributed by atoms with E-state index in [2.05, 4.69) is 5.32 Å². The van der Waals surface area contributed by atoms with E-state index in [9.17, 15) is 9.59 Å². The van der Waals surface area contributed by atoms with Crippen molar-refractivity contribution >= 4 is 28.2 Å². The van der Waals surface area contributed by atoms with Gasteiger partial charge in [0.2, 0.25) is 5.91 Å². The molecule has 0 aliphatic heterocycles. The normalized spacial score (nSPS) is 13.7. The monoisotopic (exact) mass is 298 g/mol. The van der Waals surface area contributed by atoms with Crippen LogP contribution < -0.4 is 11.1 Å². The van der Waals surface area contributed by atoms with Crippen molar-refractivity contribution in [3.8, 4) is 0 Å². The Kier molecular flexibility index (Phi) is 5.71. The average Bonchev–Trinajstić information content (AvgIpc) is 2.79. The lowest BCUT2D eigenvalue weighted by atomic mass is 9.87. The summed E-state index contributed by atoms with van der Waals surface area (Å²) in [7, 11) is 0. The van der Waals surface area contributed by atoms with Gasteiger partial charge in [0.15, 0.2) is 0 Å². The molecule has 1 unspecified atom stereocenters. The second-order valence-electron chi connectivity index (χ2n) is 4.89. The molecule has 112 valence electrons. The van der Waals surface area contributed by atoms with Gasteiger partial charge in [-0.2, -0.15) is 0 Å². The van der Waals surface area contributed by atoms with Gasteiger partial charge in [-0.3, -0.25) is 4.79 Å². The van der Waals surface area contributed by atoms with Gasteiger partial charge in [0, 0.05) is 11.4 Å². The molecule has 1 aromatic rings. The van der Waals surface area contributed by atoms with Crippen molar-refractivity contribution < 1.29 is 14.3 Å². The van der Waals surface area contributed by atoms with Crippen LogP contribution in [0.1, 0.15) is 42.4 Å². The topological polar surface area (TPSA) is 81.4 Å². The Balaban J connectivity index is 2.98. The molecule has 0 saturated heterocycles. The minimum atomic E-state index is -0.635. The quantitative estimate of drug-likeness (QED) is 0.791. The molecule has 0 aromatic carbocycles. The molecule has 0 aliphatic rings. The SMILES string of the molecule is CCOC(=O)c1cc(C)sc1NC(=O)C(C)(CC)CN. The highest BCUT2D eigenvalue weighted by Crippen LogP contribution is 2.30. The molecule has 5 nitrogen and oxygen atoms in total. The molecule has 0 bridgehead atoms. The second kappa shape index (κ2) is 6.85. The third-order valence-corrected chi connectivity index (χ3v) is 4.32. The van der Waals surface area contributed by atoms with Gasteiger partial charge in [-0.25, -0.2) is 4.79 Å². The van der Waals surface area contributed by atoms with Crippen molar-refractivity contribution in [2.24, 2.45) is 11.1 Å². The molecule has 6 heteroatoms. The Labute approximate surface area is 123 Å². The summed E-state index contributed by atoms with van der Waals surface area (Å²) in [6.07, 6.45) is 0.633. The number of hydrogen-bond donors (Lipinski definition) is 2. The first-order valence-corrected chi connectivity index (χ1v) is 7.48. The first kappa shape index (κ1) is 16.7. The molecule has 20 heavy (non-hydrogen) atoms. The van der Waals surface area contributed by atoms with Crippen LogP contribution in [0.2, 0.25) is 0 Å². The number of amides is 1. The van der Waals surface area contributed by atoms with Crippen LogP contribution in [0.25, 0.3) is 0 Å². The predicted molar refractivity (Wildman–Crippen MR) is 81.1 cm³/mol. The molecule has 1 heterocycles. The van der Waals surface area contributed by atoms with Gasteiger partial charge in [-0.15, -0.1) is 11.3 Å². The van der Waals surface area contributed by atoms with Gasteiger partial charge in [-0.05, 0) is 33.3 Å². The van der Waals surface area contributed by atoms with Crippen molar-refractivity contribution in [1.82, 2.24) is 0 Å². The van der Waals surface area contributed by atoms with Crippen LogP contribution in [0.4, 0.5) is 5.00 Å². The van der Waals surface area contributed by atoms with E-state index in [0.29, 0.717) is 23.6 Å². The van der Waals surface area contributed by atoms with Crippen molar-refractivity contribution in [3.63, 3.8) is 0 Å². The van der Waals surface area contributed by atoms with Crippen molar-refractivity contribution in [2.75, 3.05) is 18.5 Å². The Morgan fingerprint density at radius 1 is 1.45 bits per heavy atom. The molecule has 1 amide bonds. The number of esters is 1. The Morgan fingerprint density at radius 3 is 2.60 bits per heavy atom. The van der Waals surface area contributed by atoms with E-state index < -0.39 is 11.4 Å². The van der Waals surface area contributed by atoms with E-state index in [-0.39, 0.29) is 12.5 Å². The minimum Gasteiger partial charge on any atom is -0.462 e. The Bertz CT molecular complexity index is 493. The summed E-state index contributed by atoms with van der Waals surface area (Å²) in [6, 6.07) is 1.73. The number of aryl methyl sites for hydroxylation is 1. The predicted octanol–water partition coefficient (Wildman–Crippen LogP) is 2.55. The van der Waals surface area contributed by atoms with E-state index in [4.69, 9.17) is 10.5 Å². The number of rotatable bonds is 6. The maximum absolute atomic E-state index is 12.3. The van der Waals surface area contributed by atoms with Crippen molar-refractivity contribution in [3.05, 3.63) is 16.5 Å². The minimum absolute atomic E-state index is 0.171. The van der Waals surface area contributed by atoms with Gasteiger partial charge in [-0.1, -0.05) is 6.92 Å². The second-order valence-corrected chi connectivity index (χ2v) is 6.15. The lowest BCUT2D eigenvalue weighted by Crippen LogP contribution is -2.39. The van der Waals surface area contributed by atoms with E-state index in [1.54, 1.807) is 13.0 Å². The number of nitrogens with two attached hydrogens (primary N) is 1. The summed E-state index contributed by atoms with van der Waals surface area (Å²) in [5.74, 6) is -0.590. The molecule has 0 aliphatic carbocycles. The van der Waals surface area contributed by atoms with E-state index >= 15 is 0 Å². The number of carbonyl (C=O) groups is 2. The highest BCUT2D eigenvalue weighted by atomic mass is 32.1. The molecular formula is C14H22N2O3S. The zero-order chi connectivity index (χ0) is 15.3. The fourth-order valence-electron chi connectivity index (χ4n) is 1.62. The molecule has 0 fully saturated rings. The standard InChI is InChI=1S/C14H22N2O3S/c1-5-14(4,8-15)13(18)16-11-10(7-9(3)20-11)12(17)19-6-2/h7H,5-6,8,15H2,1-4H3,(H,16,18). The van der Waals surface area contributed by atoms with Gasteiger partial charge < -0.3 is 15.8 Å². The maximum Gasteiger partial charge on any atom is 0.341 e. The summed E-state index contributed by atoms with van der Waals surface area (Å²) in [5.41, 5.74) is 5.44. The van der Waals surface area contributed by atoms with E-state index in [1.165, 1.54) is 11.3 Å². The lowest BCUT2D eigenvalue weighted by molar-refractivity contribution is -0.124. The average molecular weight is 298 g/mol. The Morgan fingerprint density at radius 2 is 2.10 bits per heavy atom. The molecule has 0 radical (unpaired) electrons. The third-order valence-electron chi connectivity index (χ3n) is 3.36. The maximum atomic E-state index is 12.3. The van der Waals surface area contributed by atoms with Crippen LogP contribution in [-0.4, -0.2) is 25.0 Å². The molecule has 1 aromatic heterocycles. The zero-order valence-electron chi connectivity index (χ0n) is 12.4. The van der Waals surface area contributed by atoms with Crippen LogP contribution in [0.3, 0.4) is 0 Å². The van der Waals surface area contributed by atoms with Gasteiger partial charge in [0.1, 0.15) is 5.00 Å². The van der Waals surface area contributed by atoms with Crippen LogP contribution >= 0.6 is 11.3 Å². The summed E-state index contributed by atoms with van der Waals surface area (Å²) in [6.45, 7) is 7.92. The highest BCUT2D eigenvalue weighted by molar-refractivity contribution is 7.16. The molecule has 0 spiro atoms. The van der Waals surface area contributed by atoms with Crippen LogP contribution in [0, 0.1) is 12.3 Å². The number of hydrogen-bond acceptors (Lipinski definition) is 5. The van der Waals surface area contributed by atoms with Crippen LogP contribution in [0.5, 0.6) is 0 Å². The van der Waals surface area contributed by atoms with Crippen molar-refractivity contribution in [1.29, 1.82) is 0 Å². The number of ether oxygens (including phenoxy) is 1. The summed E-state index contributed by atoms with van der Waals surface area (Å²) >= 11 is 1.36. The molecule has 0 saturated carbocycles. The van der Waals surface area contributed by atoms with E-state index in [0.717, 1.165) is 4.88 Å². The summed E-state index contributed by atoms with van der Waals surface area (Å²) < 4.78 is 4.99. The van der Waals surface area contributed by atoms with Gasteiger partial charge in [0.05, 0.1) is 17.6 Å². The lowest BCUT2D eigenvalue weighted by Gasteiger charge is -2.24. The Hall–Kier alpha value is -1.40. The summed E-state index contributed by atoms with van der Waals surface area (Å²) in [4.78, 5) is 25.1. The number of thiophene rings is 1. The van der Waals surface area contributed by atoms with Crippen molar-refractivity contribution in [2.45, 2.75) is 34.1 Å². The van der Waals surface area contributed by atoms with E-state index in [1.807, 2.05) is 20.8 Å². The fraction of sp³-hybridized carbons (Fsp3) is 0.571. The van der Waals surface area contributed by atoms with Crippen LogP contribution in [0.15, 0.2) is 6.07 Å². The fourth-order valence-corrected chi connectivity index (χ4v) is 2.51. The smallest absolute Gasteiger partial charge is 0.341 e. The molecule has 1 rings (SSSR count). The number of nitrogens with one attached hydrogen (secondary N) is 1. The molecule has 1 atom stereocenters. The highest BCUT2D eigenvalue weighted by Gasteiger charge is 2.31.